The molecule has 1 aliphatic carbocycles. The Morgan fingerprint density at radius 1 is 1.16 bits per heavy atom. The lowest BCUT2D eigenvalue weighted by Gasteiger charge is -2.17. The summed E-state index contributed by atoms with van der Waals surface area (Å²) in [7, 11) is 0. The van der Waals surface area contributed by atoms with Crippen LogP contribution in [0.15, 0.2) is 23.0 Å². The number of aromatic nitrogens is 2. The van der Waals surface area contributed by atoms with Gasteiger partial charge in [0, 0.05) is 11.6 Å². The van der Waals surface area contributed by atoms with E-state index in [1.165, 1.54) is 23.9 Å². The summed E-state index contributed by atoms with van der Waals surface area (Å²) in [5, 5.41) is 4.94. The van der Waals surface area contributed by atoms with Crippen molar-refractivity contribution in [1.82, 2.24) is 9.78 Å². The van der Waals surface area contributed by atoms with Crippen LogP contribution in [0.1, 0.15) is 48.1 Å². The monoisotopic (exact) mass is 365 g/mol. The lowest BCUT2D eigenvalue weighted by molar-refractivity contribution is -0.113. The highest BCUT2D eigenvalue weighted by Gasteiger charge is 2.34. The Balaban J connectivity index is 1.86. The van der Waals surface area contributed by atoms with E-state index in [9.17, 15) is 18.4 Å². The summed E-state index contributed by atoms with van der Waals surface area (Å²) >= 11 is 1.17. The van der Waals surface area contributed by atoms with Crippen molar-refractivity contribution in [1.29, 1.82) is 0 Å². The second-order valence-electron chi connectivity index (χ2n) is 6.42. The van der Waals surface area contributed by atoms with Gasteiger partial charge in [0.2, 0.25) is 5.91 Å². The van der Waals surface area contributed by atoms with Gasteiger partial charge in [-0.3, -0.25) is 19.4 Å². The van der Waals surface area contributed by atoms with Gasteiger partial charge in [0.25, 0.3) is 5.56 Å². The number of halogens is 2. The van der Waals surface area contributed by atoms with Crippen molar-refractivity contribution in [2.75, 3.05) is 11.1 Å². The van der Waals surface area contributed by atoms with Gasteiger partial charge in [-0.1, -0.05) is 18.9 Å². The molecule has 25 heavy (non-hydrogen) atoms. The fraction of sp³-hybridized carbons (Fsp3) is 0.412. The fourth-order valence-electron chi connectivity index (χ4n) is 3.64. The molecule has 4 rings (SSSR count). The number of rotatable bonds is 2. The summed E-state index contributed by atoms with van der Waals surface area (Å²) in [6, 6.07) is 3.44. The lowest BCUT2D eigenvalue weighted by Crippen LogP contribution is -2.18. The average Bonchev–Trinajstić information content (AvgIpc) is 3.15. The Labute approximate surface area is 146 Å². The van der Waals surface area contributed by atoms with Crippen LogP contribution in [0, 0.1) is 11.6 Å². The zero-order chi connectivity index (χ0) is 17.6. The van der Waals surface area contributed by atoms with E-state index in [1.807, 2.05) is 0 Å². The van der Waals surface area contributed by atoms with Crippen molar-refractivity contribution in [3.05, 3.63) is 51.3 Å². The molecule has 1 fully saturated rings. The molecule has 0 bridgehead atoms. The van der Waals surface area contributed by atoms with Crippen molar-refractivity contribution in [3.63, 3.8) is 0 Å². The Morgan fingerprint density at radius 3 is 2.64 bits per heavy atom. The molecular weight excluding hydrogens is 348 g/mol. The van der Waals surface area contributed by atoms with Gasteiger partial charge >= 0.3 is 0 Å². The Bertz CT molecular complexity index is 887. The highest BCUT2D eigenvalue weighted by Crippen LogP contribution is 2.42. The predicted molar refractivity (Wildman–Crippen MR) is 91.8 cm³/mol. The van der Waals surface area contributed by atoms with Gasteiger partial charge in [0.1, 0.15) is 17.5 Å². The predicted octanol–water partition coefficient (Wildman–Crippen LogP) is 3.34. The number of H-pyrrole nitrogens is 1. The summed E-state index contributed by atoms with van der Waals surface area (Å²) in [4.78, 5) is 24.7. The van der Waals surface area contributed by atoms with Crippen LogP contribution in [-0.2, 0) is 4.79 Å². The summed E-state index contributed by atoms with van der Waals surface area (Å²) in [6.07, 6.45) is 3.99. The summed E-state index contributed by atoms with van der Waals surface area (Å²) < 4.78 is 29.3. The molecule has 2 aromatic rings. The van der Waals surface area contributed by atoms with E-state index in [0.29, 0.717) is 11.4 Å². The molecule has 1 amide bonds. The fourth-order valence-corrected chi connectivity index (χ4v) is 4.79. The molecule has 0 saturated heterocycles. The number of carbonyl (C=O) groups is 1. The van der Waals surface area contributed by atoms with E-state index in [1.54, 1.807) is 4.68 Å². The van der Waals surface area contributed by atoms with Gasteiger partial charge in [0.15, 0.2) is 0 Å². The summed E-state index contributed by atoms with van der Waals surface area (Å²) in [6.45, 7) is 0. The first kappa shape index (κ1) is 16.4. The molecule has 1 saturated carbocycles. The Morgan fingerprint density at radius 2 is 1.92 bits per heavy atom. The molecule has 8 heteroatoms. The maximum atomic E-state index is 14.3. The molecule has 0 spiro atoms. The quantitative estimate of drug-likeness (QED) is 0.858. The van der Waals surface area contributed by atoms with E-state index >= 15 is 0 Å². The second-order valence-corrected chi connectivity index (χ2v) is 7.51. The molecule has 5 nitrogen and oxygen atoms in total. The third kappa shape index (κ3) is 2.88. The van der Waals surface area contributed by atoms with Crippen LogP contribution in [0.3, 0.4) is 0 Å². The van der Waals surface area contributed by atoms with Crippen molar-refractivity contribution in [2.24, 2.45) is 0 Å². The number of amides is 1. The first-order valence-corrected chi connectivity index (χ1v) is 9.30. The van der Waals surface area contributed by atoms with Crippen molar-refractivity contribution >= 4 is 23.5 Å². The third-order valence-electron chi connectivity index (χ3n) is 4.80. The topological polar surface area (TPSA) is 66.9 Å². The van der Waals surface area contributed by atoms with Gasteiger partial charge < -0.3 is 5.32 Å². The number of thioether (sulfide) groups is 1. The van der Waals surface area contributed by atoms with E-state index in [0.717, 1.165) is 31.7 Å². The molecule has 2 N–H and O–H groups in total. The van der Waals surface area contributed by atoms with Crippen LogP contribution >= 0.6 is 11.8 Å². The summed E-state index contributed by atoms with van der Waals surface area (Å²) in [5.74, 6) is -1.11. The van der Waals surface area contributed by atoms with Crippen LogP contribution in [-0.4, -0.2) is 21.4 Å². The van der Waals surface area contributed by atoms with Crippen molar-refractivity contribution in [2.45, 2.75) is 37.0 Å². The molecule has 2 aliphatic rings. The Kier molecular flexibility index (Phi) is 4.15. The van der Waals surface area contributed by atoms with Crippen LogP contribution < -0.4 is 10.9 Å². The van der Waals surface area contributed by atoms with Crippen molar-refractivity contribution in [3.8, 4) is 0 Å². The van der Waals surface area contributed by atoms with E-state index in [4.69, 9.17) is 0 Å². The first-order valence-electron chi connectivity index (χ1n) is 8.25. The van der Waals surface area contributed by atoms with Crippen LogP contribution in [0.5, 0.6) is 0 Å². The molecule has 1 atom stereocenters. The van der Waals surface area contributed by atoms with Gasteiger partial charge in [0.05, 0.1) is 22.6 Å². The number of nitrogens with one attached hydrogen (secondary N) is 2. The standard InChI is InChI=1S/C17H17F2N3O2S/c18-9-5-6-11(12(19)7-9)15-14-16(20-13(23)8-25-15)22(21-17(14)24)10-3-1-2-4-10/h5-7,10,15H,1-4,8H2,(H,20,23)(H,21,24). The lowest BCUT2D eigenvalue weighted by atomic mass is 10.1. The minimum Gasteiger partial charge on any atom is -0.310 e. The van der Waals surface area contributed by atoms with E-state index in [-0.39, 0.29) is 28.8 Å². The van der Waals surface area contributed by atoms with E-state index < -0.39 is 16.9 Å². The number of benzene rings is 1. The van der Waals surface area contributed by atoms with Crippen LogP contribution in [0.2, 0.25) is 0 Å². The number of carbonyl (C=O) groups excluding carboxylic acids is 1. The number of nitrogens with zero attached hydrogens (tertiary/aromatic N) is 1. The van der Waals surface area contributed by atoms with E-state index in [2.05, 4.69) is 10.4 Å². The van der Waals surface area contributed by atoms with Crippen molar-refractivity contribution < 1.29 is 13.6 Å². The maximum Gasteiger partial charge on any atom is 0.270 e. The number of hydrogen-bond donors (Lipinski definition) is 2. The molecular formula is C17H17F2N3O2S. The average molecular weight is 365 g/mol. The maximum absolute atomic E-state index is 14.3. The van der Waals surface area contributed by atoms with Gasteiger partial charge in [-0.2, -0.15) is 0 Å². The Hall–Kier alpha value is -2.09. The molecule has 1 aliphatic heterocycles. The second kappa shape index (κ2) is 6.33. The zero-order valence-corrected chi connectivity index (χ0v) is 14.2. The minimum atomic E-state index is -0.717. The molecule has 1 aromatic carbocycles. The molecule has 1 unspecified atom stereocenters. The van der Waals surface area contributed by atoms with Gasteiger partial charge in [-0.15, -0.1) is 11.8 Å². The van der Waals surface area contributed by atoms with Gasteiger partial charge in [-0.05, 0) is 18.9 Å². The largest absolute Gasteiger partial charge is 0.310 e. The molecule has 2 heterocycles. The number of fused-ring (bicyclic) bond motifs is 1. The van der Waals surface area contributed by atoms with Gasteiger partial charge in [-0.25, -0.2) is 8.78 Å². The third-order valence-corrected chi connectivity index (χ3v) is 6.05. The van der Waals surface area contributed by atoms with Crippen LogP contribution in [0.4, 0.5) is 14.6 Å². The number of aromatic amines is 1. The molecule has 1 aromatic heterocycles. The minimum absolute atomic E-state index is 0.0975. The SMILES string of the molecule is O=C1CSC(c2ccc(F)cc2F)c2c(n(C3CCCC3)[nH]c2=O)N1. The zero-order valence-electron chi connectivity index (χ0n) is 13.4. The number of anilines is 1. The normalized spacial score (nSPS) is 21.0. The smallest absolute Gasteiger partial charge is 0.270 e. The first-order chi connectivity index (χ1) is 12.0. The highest BCUT2D eigenvalue weighted by molar-refractivity contribution is 8.00. The van der Waals surface area contributed by atoms with Crippen LogP contribution in [0.25, 0.3) is 0 Å². The molecule has 132 valence electrons. The highest BCUT2D eigenvalue weighted by atomic mass is 32.2. The molecule has 0 radical (unpaired) electrons. The number of hydrogen-bond acceptors (Lipinski definition) is 3. The summed E-state index contributed by atoms with van der Waals surface area (Å²) in [5.41, 5.74) is 0.192.